The van der Waals surface area contributed by atoms with Crippen LogP contribution in [-0.2, 0) is 14.8 Å². The molecule has 124 valence electrons. The molecule has 22 heavy (non-hydrogen) atoms. The number of nitrogens with zero attached hydrogens (tertiary/aromatic N) is 1. The van der Waals surface area contributed by atoms with Gasteiger partial charge in [0.2, 0.25) is 5.91 Å². The standard InChI is InChI=1S/C15H24N2O3S2/c1-12(2)11-13(15(18)17-8-4-3-5-9-17)16-22(19,20)14-7-6-10-21-14/h6-7,10,12-13,16H,3-5,8-9,11H2,1-2H3/t13-/m1/s1. The van der Waals surface area contributed by atoms with Crippen molar-refractivity contribution < 1.29 is 13.2 Å². The maximum atomic E-state index is 12.7. The van der Waals surface area contributed by atoms with Gasteiger partial charge in [-0.15, -0.1) is 11.3 Å². The van der Waals surface area contributed by atoms with Gasteiger partial charge in [-0.3, -0.25) is 4.79 Å². The number of nitrogens with one attached hydrogen (secondary N) is 1. The first-order valence-electron chi connectivity index (χ1n) is 7.75. The second kappa shape index (κ2) is 7.57. The third kappa shape index (κ3) is 4.54. The van der Waals surface area contributed by atoms with Crippen molar-refractivity contribution in [3.05, 3.63) is 17.5 Å². The van der Waals surface area contributed by atoms with Crippen molar-refractivity contribution >= 4 is 27.3 Å². The normalized spacial score (nSPS) is 17.7. The summed E-state index contributed by atoms with van der Waals surface area (Å²) in [7, 11) is -3.62. The van der Waals surface area contributed by atoms with E-state index in [4.69, 9.17) is 0 Å². The summed E-state index contributed by atoms with van der Waals surface area (Å²) in [4.78, 5) is 14.5. The van der Waals surface area contributed by atoms with Crippen LogP contribution in [0.2, 0.25) is 0 Å². The summed E-state index contributed by atoms with van der Waals surface area (Å²) < 4.78 is 27.7. The molecule has 0 bridgehead atoms. The number of rotatable bonds is 6. The molecule has 0 unspecified atom stereocenters. The molecule has 0 aromatic carbocycles. The zero-order chi connectivity index (χ0) is 16.2. The molecule has 1 fully saturated rings. The van der Waals surface area contributed by atoms with E-state index in [-0.39, 0.29) is 16.0 Å². The van der Waals surface area contributed by atoms with Crippen molar-refractivity contribution in [1.29, 1.82) is 0 Å². The fraction of sp³-hybridized carbons (Fsp3) is 0.667. The number of piperidine rings is 1. The Morgan fingerprint density at radius 1 is 1.32 bits per heavy atom. The smallest absolute Gasteiger partial charge is 0.250 e. The van der Waals surface area contributed by atoms with Gasteiger partial charge in [0.15, 0.2) is 0 Å². The van der Waals surface area contributed by atoms with Crippen molar-refractivity contribution in [2.45, 2.75) is 49.8 Å². The highest BCUT2D eigenvalue weighted by Crippen LogP contribution is 2.19. The number of amides is 1. The minimum atomic E-state index is -3.62. The van der Waals surface area contributed by atoms with Gasteiger partial charge in [0.25, 0.3) is 10.0 Å². The molecule has 1 aliphatic rings. The Kier molecular flexibility index (Phi) is 6.00. The Morgan fingerprint density at radius 2 is 2.00 bits per heavy atom. The van der Waals surface area contributed by atoms with E-state index in [2.05, 4.69) is 4.72 Å². The van der Waals surface area contributed by atoms with Gasteiger partial charge in [-0.1, -0.05) is 19.9 Å². The zero-order valence-corrected chi connectivity index (χ0v) is 14.8. The Balaban J connectivity index is 2.13. The summed E-state index contributed by atoms with van der Waals surface area (Å²) in [6.07, 6.45) is 3.65. The van der Waals surface area contributed by atoms with Gasteiger partial charge in [0, 0.05) is 13.1 Å². The zero-order valence-electron chi connectivity index (χ0n) is 13.1. The summed E-state index contributed by atoms with van der Waals surface area (Å²) in [5.41, 5.74) is 0. The van der Waals surface area contributed by atoms with Crippen LogP contribution in [0.3, 0.4) is 0 Å². The predicted octanol–water partition coefficient (Wildman–Crippen LogP) is 2.45. The summed E-state index contributed by atoms with van der Waals surface area (Å²) in [5, 5.41) is 1.72. The first-order chi connectivity index (χ1) is 10.4. The Hall–Kier alpha value is -0.920. The number of carbonyl (C=O) groups excluding carboxylic acids is 1. The molecule has 2 heterocycles. The Bertz CT molecular complexity index is 576. The van der Waals surface area contributed by atoms with Crippen LogP contribution in [0.1, 0.15) is 39.5 Å². The van der Waals surface area contributed by atoms with E-state index in [0.29, 0.717) is 6.42 Å². The number of hydrogen-bond donors (Lipinski definition) is 1. The lowest BCUT2D eigenvalue weighted by Gasteiger charge is -2.31. The van der Waals surface area contributed by atoms with Crippen molar-refractivity contribution in [3.8, 4) is 0 Å². The molecule has 0 aliphatic carbocycles. The lowest BCUT2D eigenvalue weighted by molar-refractivity contribution is -0.134. The van der Waals surface area contributed by atoms with Gasteiger partial charge in [-0.25, -0.2) is 8.42 Å². The van der Waals surface area contributed by atoms with Crippen molar-refractivity contribution in [2.75, 3.05) is 13.1 Å². The van der Waals surface area contributed by atoms with Crippen LogP contribution in [-0.4, -0.2) is 38.4 Å². The average molecular weight is 345 g/mol. The van der Waals surface area contributed by atoms with Crippen LogP contribution < -0.4 is 4.72 Å². The molecule has 1 saturated heterocycles. The number of likely N-dealkylation sites (tertiary alicyclic amines) is 1. The average Bonchev–Trinajstić information content (AvgIpc) is 3.01. The van der Waals surface area contributed by atoms with E-state index < -0.39 is 16.1 Å². The fourth-order valence-electron chi connectivity index (χ4n) is 2.67. The molecule has 0 saturated carbocycles. The second-order valence-corrected chi connectivity index (χ2v) is 9.01. The number of sulfonamides is 1. The van der Waals surface area contributed by atoms with Gasteiger partial charge < -0.3 is 4.90 Å². The van der Waals surface area contributed by atoms with E-state index in [1.54, 1.807) is 22.4 Å². The highest BCUT2D eigenvalue weighted by atomic mass is 32.2. The third-order valence-corrected chi connectivity index (χ3v) is 6.60. The first kappa shape index (κ1) is 17.4. The molecule has 1 aliphatic heterocycles. The lowest BCUT2D eigenvalue weighted by atomic mass is 10.0. The molecule has 7 heteroatoms. The van der Waals surface area contributed by atoms with E-state index in [1.165, 1.54) is 0 Å². The second-order valence-electron chi connectivity index (χ2n) is 6.12. The Labute approximate surface area is 136 Å². The van der Waals surface area contributed by atoms with Crippen LogP contribution in [0.4, 0.5) is 0 Å². The van der Waals surface area contributed by atoms with Gasteiger partial charge in [0.1, 0.15) is 10.3 Å². The fourth-order valence-corrected chi connectivity index (χ4v) is 4.88. The van der Waals surface area contributed by atoms with E-state index in [1.807, 2.05) is 13.8 Å². The molecule has 1 amide bonds. The molecular formula is C15H24N2O3S2. The predicted molar refractivity (Wildman–Crippen MR) is 88.3 cm³/mol. The SMILES string of the molecule is CC(C)C[C@@H](NS(=O)(=O)c1cccs1)C(=O)N1CCCCC1. The van der Waals surface area contributed by atoms with Gasteiger partial charge in [-0.05, 0) is 43.0 Å². The van der Waals surface area contributed by atoms with Gasteiger partial charge >= 0.3 is 0 Å². The van der Waals surface area contributed by atoms with Crippen LogP contribution in [0.5, 0.6) is 0 Å². The number of thiophene rings is 1. The maximum absolute atomic E-state index is 12.7. The topological polar surface area (TPSA) is 66.5 Å². The van der Waals surface area contributed by atoms with Crippen molar-refractivity contribution in [1.82, 2.24) is 9.62 Å². The van der Waals surface area contributed by atoms with Crippen LogP contribution >= 0.6 is 11.3 Å². The summed E-state index contributed by atoms with van der Waals surface area (Å²) in [6, 6.07) is 2.58. The van der Waals surface area contributed by atoms with Crippen molar-refractivity contribution in [3.63, 3.8) is 0 Å². The number of carbonyl (C=O) groups is 1. The van der Waals surface area contributed by atoms with Gasteiger partial charge in [-0.2, -0.15) is 4.72 Å². The lowest BCUT2D eigenvalue weighted by Crippen LogP contribution is -2.50. The minimum absolute atomic E-state index is 0.0893. The first-order valence-corrected chi connectivity index (χ1v) is 10.1. The van der Waals surface area contributed by atoms with Gasteiger partial charge in [0.05, 0.1) is 0 Å². The summed E-state index contributed by atoms with van der Waals surface area (Å²) in [5.74, 6) is 0.151. The van der Waals surface area contributed by atoms with Crippen LogP contribution in [0, 0.1) is 5.92 Å². The molecule has 1 aromatic rings. The quantitative estimate of drug-likeness (QED) is 0.862. The summed E-state index contributed by atoms with van der Waals surface area (Å²) >= 11 is 1.16. The molecule has 1 atom stereocenters. The highest BCUT2D eigenvalue weighted by Gasteiger charge is 2.30. The molecule has 1 aromatic heterocycles. The third-order valence-electron chi connectivity index (χ3n) is 3.73. The molecule has 2 rings (SSSR count). The minimum Gasteiger partial charge on any atom is -0.341 e. The van der Waals surface area contributed by atoms with Crippen molar-refractivity contribution in [2.24, 2.45) is 5.92 Å². The van der Waals surface area contributed by atoms with E-state index >= 15 is 0 Å². The van der Waals surface area contributed by atoms with E-state index in [9.17, 15) is 13.2 Å². The molecule has 0 spiro atoms. The van der Waals surface area contributed by atoms with Crippen LogP contribution in [0.25, 0.3) is 0 Å². The van der Waals surface area contributed by atoms with Crippen LogP contribution in [0.15, 0.2) is 21.7 Å². The monoisotopic (exact) mass is 344 g/mol. The number of hydrogen-bond acceptors (Lipinski definition) is 4. The molecule has 5 nitrogen and oxygen atoms in total. The molecule has 1 N–H and O–H groups in total. The highest BCUT2D eigenvalue weighted by molar-refractivity contribution is 7.91. The molecular weight excluding hydrogens is 320 g/mol. The molecule has 0 radical (unpaired) electrons. The maximum Gasteiger partial charge on any atom is 0.250 e. The van der Waals surface area contributed by atoms with E-state index in [0.717, 1.165) is 43.7 Å². The Morgan fingerprint density at radius 3 is 2.55 bits per heavy atom. The largest absolute Gasteiger partial charge is 0.341 e. The summed E-state index contributed by atoms with van der Waals surface area (Å²) in [6.45, 7) is 5.45.